The van der Waals surface area contributed by atoms with Gasteiger partial charge in [0.15, 0.2) is 0 Å². The number of likely N-dealkylation sites (N-methyl/N-ethyl adjacent to an activating group) is 1. The minimum atomic E-state index is 0.0616. The zero-order valence-electron chi connectivity index (χ0n) is 8.49. The first-order chi connectivity index (χ1) is 6.19. The Morgan fingerprint density at radius 3 is 2.85 bits per heavy atom. The van der Waals surface area contributed by atoms with Crippen LogP contribution < -0.4 is 0 Å². The summed E-state index contributed by atoms with van der Waals surface area (Å²) in [7, 11) is 2.11. The number of carbonyl (C=O) groups excluding carboxylic acids is 1. The molecule has 0 radical (unpaired) electrons. The summed E-state index contributed by atoms with van der Waals surface area (Å²) in [6, 6.07) is 0.512. The highest BCUT2D eigenvalue weighted by Crippen LogP contribution is 2.10. The van der Waals surface area contributed by atoms with E-state index in [1.807, 2.05) is 4.90 Å². The van der Waals surface area contributed by atoms with Crippen LogP contribution in [0.3, 0.4) is 0 Å². The van der Waals surface area contributed by atoms with Crippen molar-refractivity contribution in [1.29, 1.82) is 0 Å². The molecular formula is C10H18N2O. The van der Waals surface area contributed by atoms with E-state index in [1.165, 1.54) is 6.08 Å². The molecule has 3 heteroatoms. The molecule has 1 saturated heterocycles. The van der Waals surface area contributed by atoms with Gasteiger partial charge in [0, 0.05) is 25.7 Å². The van der Waals surface area contributed by atoms with Crippen LogP contribution in [-0.4, -0.2) is 48.4 Å². The van der Waals surface area contributed by atoms with Crippen LogP contribution in [0.5, 0.6) is 0 Å². The lowest BCUT2D eigenvalue weighted by Crippen LogP contribution is -2.52. The molecular weight excluding hydrogens is 164 g/mol. The van der Waals surface area contributed by atoms with Gasteiger partial charge in [0.2, 0.25) is 5.91 Å². The molecule has 13 heavy (non-hydrogen) atoms. The van der Waals surface area contributed by atoms with Gasteiger partial charge in [-0.25, -0.2) is 0 Å². The Morgan fingerprint density at radius 1 is 1.62 bits per heavy atom. The number of amides is 1. The molecule has 1 fully saturated rings. The molecule has 0 N–H and O–H groups in total. The number of nitrogens with zero attached hydrogens (tertiary/aromatic N) is 2. The van der Waals surface area contributed by atoms with Crippen molar-refractivity contribution in [1.82, 2.24) is 9.80 Å². The van der Waals surface area contributed by atoms with Crippen molar-refractivity contribution < 1.29 is 4.79 Å². The zero-order chi connectivity index (χ0) is 9.84. The fourth-order valence-corrected chi connectivity index (χ4v) is 1.72. The number of hydrogen-bond donors (Lipinski definition) is 0. The Hall–Kier alpha value is -0.830. The maximum atomic E-state index is 11.3. The first-order valence-electron chi connectivity index (χ1n) is 4.80. The largest absolute Gasteiger partial charge is 0.336 e. The third kappa shape index (κ3) is 2.31. The monoisotopic (exact) mass is 182 g/mol. The molecule has 0 aromatic heterocycles. The Morgan fingerprint density at radius 2 is 2.31 bits per heavy atom. The van der Waals surface area contributed by atoms with Crippen LogP contribution in [0.4, 0.5) is 0 Å². The molecule has 0 aliphatic carbocycles. The lowest BCUT2D eigenvalue weighted by atomic mass is 10.1. The highest BCUT2D eigenvalue weighted by molar-refractivity contribution is 5.87. The van der Waals surface area contributed by atoms with Crippen LogP contribution in [0.2, 0.25) is 0 Å². The van der Waals surface area contributed by atoms with Gasteiger partial charge in [-0.1, -0.05) is 13.5 Å². The number of piperazine rings is 1. The predicted octanol–water partition coefficient (Wildman–Crippen LogP) is 0.725. The van der Waals surface area contributed by atoms with E-state index >= 15 is 0 Å². The van der Waals surface area contributed by atoms with Crippen LogP contribution in [0.15, 0.2) is 12.7 Å². The molecule has 1 aliphatic rings. The first kappa shape index (κ1) is 10.3. The van der Waals surface area contributed by atoms with E-state index in [0.717, 1.165) is 26.1 Å². The van der Waals surface area contributed by atoms with E-state index in [-0.39, 0.29) is 5.91 Å². The van der Waals surface area contributed by atoms with Crippen molar-refractivity contribution in [2.45, 2.75) is 19.4 Å². The topological polar surface area (TPSA) is 23.6 Å². The van der Waals surface area contributed by atoms with Crippen molar-refractivity contribution >= 4 is 5.91 Å². The van der Waals surface area contributed by atoms with Gasteiger partial charge in [-0.05, 0) is 19.5 Å². The molecule has 1 amide bonds. The zero-order valence-corrected chi connectivity index (χ0v) is 8.49. The van der Waals surface area contributed by atoms with E-state index in [2.05, 4.69) is 25.5 Å². The molecule has 0 saturated carbocycles. The Balaban J connectivity index is 2.54. The second kappa shape index (κ2) is 4.42. The molecule has 1 atom stereocenters. The van der Waals surface area contributed by atoms with Gasteiger partial charge in [0.1, 0.15) is 0 Å². The number of carbonyl (C=O) groups is 1. The molecule has 1 heterocycles. The normalized spacial score (nSPS) is 24.5. The van der Waals surface area contributed by atoms with Crippen molar-refractivity contribution in [3.8, 4) is 0 Å². The molecule has 0 aromatic carbocycles. The third-order valence-corrected chi connectivity index (χ3v) is 2.73. The summed E-state index contributed by atoms with van der Waals surface area (Å²) in [4.78, 5) is 15.5. The molecule has 1 rings (SSSR count). The second-order valence-electron chi connectivity index (χ2n) is 3.53. The van der Waals surface area contributed by atoms with Crippen molar-refractivity contribution in [3.05, 3.63) is 12.7 Å². The van der Waals surface area contributed by atoms with Gasteiger partial charge >= 0.3 is 0 Å². The number of hydrogen-bond acceptors (Lipinski definition) is 2. The first-order valence-corrected chi connectivity index (χ1v) is 4.80. The van der Waals surface area contributed by atoms with Crippen LogP contribution >= 0.6 is 0 Å². The molecule has 0 unspecified atom stereocenters. The van der Waals surface area contributed by atoms with E-state index in [1.54, 1.807) is 0 Å². The molecule has 74 valence electrons. The van der Waals surface area contributed by atoms with Gasteiger partial charge in [-0.2, -0.15) is 0 Å². The minimum Gasteiger partial charge on any atom is -0.336 e. The molecule has 0 bridgehead atoms. The highest BCUT2D eigenvalue weighted by Gasteiger charge is 2.24. The maximum absolute atomic E-state index is 11.3. The summed E-state index contributed by atoms with van der Waals surface area (Å²) in [6.45, 7) is 8.30. The third-order valence-electron chi connectivity index (χ3n) is 2.73. The molecule has 3 nitrogen and oxygen atoms in total. The van der Waals surface area contributed by atoms with Crippen LogP contribution in [0.1, 0.15) is 13.3 Å². The second-order valence-corrected chi connectivity index (χ2v) is 3.53. The Kier molecular flexibility index (Phi) is 3.48. The Labute approximate surface area is 80.0 Å². The van der Waals surface area contributed by atoms with E-state index in [9.17, 15) is 4.79 Å². The highest BCUT2D eigenvalue weighted by atomic mass is 16.2. The molecule has 0 spiro atoms. The van der Waals surface area contributed by atoms with E-state index in [0.29, 0.717) is 6.04 Å². The quantitative estimate of drug-likeness (QED) is 0.588. The summed E-state index contributed by atoms with van der Waals surface area (Å²) >= 11 is 0. The van der Waals surface area contributed by atoms with Gasteiger partial charge in [-0.3, -0.25) is 9.69 Å². The smallest absolute Gasteiger partial charge is 0.246 e. The molecule has 0 aromatic rings. The van der Waals surface area contributed by atoms with Crippen molar-refractivity contribution in [2.24, 2.45) is 0 Å². The SMILES string of the molecule is C=CC(=O)N1CCN(C)[C@@H](CC)C1. The van der Waals surface area contributed by atoms with E-state index in [4.69, 9.17) is 0 Å². The Bertz CT molecular complexity index is 203. The van der Waals surface area contributed by atoms with Crippen molar-refractivity contribution in [3.63, 3.8) is 0 Å². The summed E-state index contributed by atoms with van der Waals surface area (Å²) in [5.74, 6) is 0.0616. The fraction of sp³-hybridized carbons (Fsp3) is 0.700. The van der Waals surface area contributed by atoms with E-state index < -0.39 is 0 Å². The summed E-state index contributed by atoms with van der Waals surface area (Å²) in [5.41, 5.74) is 0. The standard InChI is InChI=1S/C10H18N2O/c1-4-9-8-12(10(13)5-2)7-6-11(9)3/h5,9H,2,4,6-8H2,1,3H3/t9-/m0/s1. The summed E-state index contributed by atoms with van der Waals surface area (Å²) < 4.78 is 0. The van der Waals surface area contributed by atoms with Crippen molar-refractivity contribution in [2.75, 3.05) is 26.7 Å². The number of rotatable bonds is 2. The minimum absolute atomic E-state index is 0.0616. The van der Waals surface area contributed by atoms with Crippen LogP contribution in [0, 0.1) is 0 Å². The van der Waals surface area contributed by atoms with Crippen LogP contribution in [0.25, 0.3) is 0 Å². The van der Waals surface area contributed by atoms with Gasteiger partial charge in [0.05, 0.1) is 0 Å². The van der Waals surface area contributed by atoms with Gasteiger partial charge in [-0.15, -0.1) is 0 Å². The van der Waals surface area contributed by atoms with Gasteiger partial charge in [0.25, 0.3) is 0 Å². The lowest BCUT2D eigenvalue weighted by Gasteiger charge is -2.38. The summed E-state index contributed by atoms with van der Waals surface area (Å²) in [6.07, 6.45) is 2.50. The molecule has 1 aliphatic heterocycles. The maximum Gasteiger partial charge on any atom is 0.246 e. The average Bonchev–Trinajstić information content (AvgIpc) is 2.17. The van der Waals surface area contributed by atoms with Gasteiger partial charge < -0.3 is 4.90 Å². The fourth-order valence-electron chi connectivity index (χ4n) is 1.72. The van der Waals surface area contributed by atoms with Crippen LogP contribution in [-0.2, 0) is 4.79 Å². The predicted molar refractivity (Wildman–Crippen MR) is 53.5 cm³/mol. The lowest BCUT2D eigenvalue weighted by molar-refractivity contribution is -0.128. The average molecular weight is 182 g/mol. The summed E-state index contributed by atoms with van der Waals surface area (Å²) in [5, 5.41) is 0.